The van der Waals surface area contributed by atoms with Crippen molar-refractivity contribution < 1.29 is 4.74 Å². The van der Waals surface area contributed by atoms with E-state index in [4.69, 9.17) is 10.5 Å². The van der Waals surface area contributed by atoms with Crippen molar-refractivity contribution in [3.8, 4) is 17.1 Å². The maximum absolute atomic E-state index is 5.78. The molecule has 0 amide bonds. The number of imidazole rings is 1. The van der Waals surface area contributed by atoms with Crippen LogP contribution < -0.4 is 10.5 Å². The molecule has 124 valence electrons. The van der Waals surface area contributed by atoms with Crippen LogP contribution in [0.4, 0.5) is 5.82 Å². The average molecular weight is 343 g/mol. The lowest BCUT2D eigenvalue weighted by atomic mass is 10.1. The van der Waals surface area contributed by atoms with Gasteiger partial charge in [-0.3, -0.25) is 0 Å². The molecular formula is C18H19ClN4O. The summed E-state index contributed by atoms with van der Waals surface area (Å²) in [6, 6.07) is 10.2. The molecule has 0 radical (unpaired) electrons. The van der Waals surface area contributed by atoms with Gasteiger partial charge in [0.25, 0.3) is 0 Å². The van der Waals surface area contributed by atoms with E-state index in [-0.39, 0.29) is 18.5 Å². The van der Waals surface area contributed by atoms with E-state index in [1.807, 2.05) is 24.5 Å². The number of pyridine rings is 1. The van der Waals surface area contributed by atoms with Gasteiger partial charge in [-0.2, -0.15) is 0 Å². The van der Waals surface area contributed by atoms with Crippen LogP contribution in [0, 0.1) is 0 Å². The molecule has 6 heteroatoms. The van der Waals surface area contributed by atoms with Gasteiger partial charge in [0, 0.05) is 37.1 Å². The molecule has 0 fully saturated rings. The third kappa shape index (κ3) is 3.08. The second-order valence-corrected chi connectivity index (χ2v) is 5.92. The molecule has 1 aliphatic rings. The van der Waals surface area contributed by atoms with Crippen LogP contribution in [0.15, 0.2) is 48.9 Å². The monoisotopic (exact) mass is 342 g/mol. The van der Waals surface area contributed by atoms with Gasteiger partial charge in [-0.1, -0.05) is 12.1 Å². The van der Waals surface area contributed by atoms with Crippen molar-refractivity contribution in [1.29, 1.82) is 0 Å². The van der Waals surface area contributed by atoms with Crippen molar-refractivity contribution in [2.75, 3.05) is 5.73 Å². The summed E-state index contributed by atoms with van der Waals surface area (Å²) in [5.74, 6) is 2.40. The van der Waals surface area contributed by atoms with Crippen LogP contribution in [0.1, 0.15) is 18.1 Å². The Kier molecular flexibility index (Phi) is 4.44. The van der Waals surface area contributed by atoms with Crippen molar-refractivity contribution in [3.05, 3.63) is 60.0 Å². The number of rotatable bonds is 3. The van der Waals surface area contributed by atoms with Gasteiger partial charge in [-0.05, 0) is 36.2 Å². The Morgan fingerprint density at radius 1 is 1.21 bits per heavy atom. The molecule has 0 spiro atoms. The van der Waals surface area contributed by atoms with Crippen molar-refractivity contribution in [2.24, 2.45) is 0 Å². The molecule has 0 saturated carbocycles. The summed E-state index contributed by atoms with van der Waals surface area (Å²) in [6.45, 7) is 2.86. The lowest BCUT2D eigenvalue weighted by Crippen LogP contribution is -2.05. The lowest BCUT2D eigenvalue weighted by molar-refractivity contribution is 0.254. The summed E-state index contributed by atoms with van der Waals surface area (Å²) in [7, 11) is 0. The van der Waals surface area contributed by atoms with E-state index in [1.165, 1.54) is 11.1 Å². The highest BCUT2D eigenvalue weighted by Crippen LogP contribution is 2.30. The van der Waals surface area contributed by atoms with Gasteiger partial charge >= 0.3 is 0 Å². The van der Waals surface area contributed by atoms with E-state index < -0.39 is 0 Å². The molecule has 5 nitrogen and oxygen atoms in total. The molecule has 2 N–H and O–H groups in total. The van der Waals surface area contributed by atoms with E-state index in [2.05, 4.69) is 39.7 Å². The Bertz CT molecular complexity index is 862. The highest BCUT2D eigenvalue weighted by atomic mass is 35.5. The van der Waals surface area contributed by atoms with Crippen LogP contribution in [0.3, 0.4) is 0 Å². The normalized spacial score (nSPS) is 15.5. The predicted octanol–water partition coefficient (Wildman–Crippen LogP) is 3.32. The molecule has 3 aromatic rings. The van der Waals surface area contributed by atoms with Gasteiger partial charge < -0.3 is 15.0 Å². The molecule has 2 aromatic heterocycles. The maximum atomic E-state index is 5.78. The van der Waals surface area contributed by atoms with Crippen LogP contribution in [0.5, 0.6) is 5.75 Å². The number of nitrogen functional groups attached to an aromatic ring is 1. The number of nitrogens with zero attached hydrogens (tertiary/aromatic N) is 3. The smallest absolute Gasteiger partial charge is 0.140 e. The molecule has 3 heterocycles. The molecule has 0 saturated heterocycles. The number of anilines is 1. The first-order valence-electron chi connectivity index (χ1n) is 7.70. The number of ether oxygens (including phenoxy) is 1. The molecular weight excluding hydrogens is 324 g/mol. The first-order valence-corrected chi connectivity index (χ1v) is 7.70. The Morgan fingerprint density at radius 2 is 2.08 bits per heavy atom. The molecule has 4 rings (SSSR count). The molecule has 1 aromatic carbocycles. The van der Waals surface area contributed by atoms with Gasteiger partial charge in [-0.15, -0.1) is 12.4 Å². The van der Waals surface area contributed by atoms with Crippen LogP contribution in [-0.2, 0) is 13.0 Å². The SMILES string of the molecule is CC1Cc2cc(Cn3ccnc3-c3ccnc(N)c3)ccc2O1.Cl. The molecule has 1 atom stereocenters. The highest BCUT2D eigenvalue weighted by Gasteiger charge is 2.19. The number of aromatic nitrogens is 3. The third-order valence-electron chi connectivity index (χ3n) is 4.07. The van der Waals surface area contributed by atoms with Crippen LogP contribution in [0.2, 0.25) is 0 Å². The van der Waals surface area contributed by atoms with E-state index in [0.717, 1.165) is 30.1 Å². The molecule has 0 bridgehead atoms. The van der Waals surface area contributed by atoms with Gasteiger partial charge in [0.15, 0.2) is 0 Å². The second-order valence-electron chi connectivity index (χ2n) is 5.92. The molecule has 24 heavy (non-hydrogen) atoms. The van der Waals surface area contributed by atoms with E-state index in [0.29, 0.717) is 5.82 Å². The van der Waals surface area contributed by atoms with Crippen LogP contribution in [0.25, 0.3) is 11.4 Å². The zero-order valence-electron chi connectivity index (χ0n) is 13.3. The van der Waals surface area contributed by atoms with E-state index >= 15 is 0 Å². The second kappa shape index (κ2) is 6.53. The van der Waals surface area contributed by atoms with Gasteiger partial charge in [0.2, 0.25) is 0 Å². The predicted molar refractivity (Wildman–Crippen MR) is 96.5 cm³/mol. The summed E-state index contributed by atoms with van der Waals surface area (Å²) >= 11 is 0. The summed E-state index contributed by atoms with van der Waals surface area (Å²) in [5, 5.41) is 0. The number of benzene rings is 1. The summed E-state index contributed by atoms with van der Waals surface area (Å²) in [5.41, 5.74) is 9.27. The van der Waals surface area contributed by atoms with Crippen molar-refractivity contribution in [2.45, 2.75) is 26.0 Å². The summed E-state index contributed by atoms with van der Waals surface area (Å²) in [6.07, 6.45) is 6.74. The zero-order valence-corrected chi connectivity index (χ0v) is 14.2. The van der Waals surface area contributed by atoms with Crippen molar-refractivity contribution >= 4 is 18.2 Å². The Morgan fingerprint density at radius 3 is 2.92 bits per heavy atom. The van der Waals surface area contributed by atoms with E-state index in [1.54, 1.807) is 6.20 Å². The number of fused-ring (bicyclic) bond motifs is 1. The minimum atomic E-state index is 0. The largest absolute Gasteiger partial charge is 0.490 e. The fourth-order valence-corrected chi connectivity index (χ4v) is 3.05. The standard InChI is InChI=1S/C18H18N4O.ClH/c1-12-8-15-9-13(2-3-16(15)23-12)11-22-7-6-21-18(22)14-4-5-20-17(19)10-14;/h2-7,9-10,12H,8,11H2,1H3,(H2,19,20);1H. The topological polar surface area (TPSA) is 66.0 Å². The number of halogens is 1. The minimum Gasteiger partial charge on any atom is -0.490 e. The fourth-order valence-electron chi connectivity index (χ4n) is 3.05. The lowest BCUT2D eigenvalue weighted by Gasteiger charge is -2.09. The maximum Gasteiger partial charge on any atom is 0.140 e. The highest BCUT2D eigenvalue weighted by molar-refractivity contribution is 5.85. The number of hydrogen-bond donors (Lipinski definition) is 1. The number of nitrogens with two attached hydrogens (primary N) is 1. The molecule has 1 aliphatic heterocycles. The quantitative estimate of drug-likeness (QED) is 0.793. The van der Waals surface area contributed by atoms with E-state index in [9.17, 15) is 0 Å². The first-order chi connectivity index (χ1) is 11.2. The third-order valence-corrected chi connectivity index (χ3v) is 4.07. The first kappa shape index (κ1) is 16.3. The Hall–Kier alpha value is -2.53. The van der Waals surface area contributed by atoms with Crippen LogP contribution >= 0.6 is 12.4 Å². The van der Waals surface area contributed by atoms with Gasteiger partial charge in [-0.25, -0.2) is 9.97 Å². The van der Waals surface area contributed by atoms with Crippen LogP contribution in [-0.4, -0.2) is 20.6 Å². The molecule has 0 aliphatic carbocycles. The Labute approximate surface area is 146 Å². The summed E-state index contributed by atoms with van der Waals surface area (Å²) in [4.78, 5) is 8.50. The fraction of sp³-hybridized carbons (Fsp3) is 0.222. The van der Waals surface area contributed by atoms with Crippen molar-refractivity contribution in [1.82, 2.24) is 14.5 Å². The average Bonchev–Trinajstić information content (AvgIpc) is 3.12. The Balaban J connectivity index is 0.00000169. The zero-order chi connectivity index (χ0) is 15.8. The number of hydrogen-bond acceptors (Lipinski definition) is 4. The van der Waals surface area contributed by atoms with Gasteiger partial charge in [0.05, 0.1) is 0 Å². The minimum absolute atomic E-state index is 0. The van der Waals surface area contributed by atoms with Gasteiger partial charge in [0.1, 0.15) is 23.5 Å². The molecule has 1 unspecified atom stereocenters. The van der Waals surface area contributed by atoms with Crippen molar-refractivity contribution in [3.63, 3.8) is 0 Å². The summed E-state index contributed by atoms with van der Waals surface area (Å²) < 4.78 is 7.88.